The van der Waals surface area contributed by atoms with Crippen LogP contribution >= 0.6 is 11.8 Å². The van der Waals surface area contributed by atoms with Crippen molar-refractivity contribution in [1.29, 1.82) is 0 Å². The second-order valence-corrected chi connectivity index (χ2v) is 8.42. The minimum absolute atomic E-state index is 0.0406. The molecule has 0 aliphatic heterocycles. The Bertz CT molecular complexity index is 717. The molecular formula is C20H27N3O2S. The average Bonchev–Trinajstić information content (AvgIpc) is 3.09. The van der Waals surface area contributed by atoms with E-state index in [1.807, 2.05) is 30.3 Å². The van der Waals surface area contributed by atoms with Crippen LogP contribution in [0.5, 0.6) is 0 Å². The van der Waals surface area contributed by atoms with Crippen LogP contribution in [-0.4, -0.2) is 33.0 Å². The highest BCUT2D eigenvalue weighted by atomic mass is 32.2. The molecule has 5 nitrogen and oxygen atoms in total. The number of aromatic nitrogens is 3. The van der Waals surface area contributed by atoms with Gasteiger partial charge in [-0.3, -0.25) is 9.89 Å². The van der Waals surface area contributed by atoms with Gasteiger partial charge in [-0.05, 0) is 30.6 Å². The van der Waals surface area contributed by atoms with Crippen molar-refractivity contribution in [2.45, 2.75) is 51.3 Å². The zero-order chi connectivity index (χ0) is 18.5. The second-order valence-electron chi connectivity index (χ2n) is 7.48. The molecule has 26 heavy (non-hydrogen) atoms. The topological polar surface area (TPSA) is 67.9 Å². The fourth-order valence-electron chi connectivity index (χ4n) is 3.61. The van der Waals surface area contributed by atoms with Crippen LogP contribution in [0.25, 0.3) is 11.4 Å². The number of carbonyl (C=O) groups excluding carboxylic acids is 1. The highest BCUT2D eigenvalue weighted by molar-refractivity contribution is 7.99. The maximum Gasteiger partial charge on any atom is 0.316 e. The lowest BCUT2D eigenvalue weighted by Gasteiger charge is -2.36. The summed E-state index contributed by atoms with van der Waals surface area (Å²) < 4.78 is 5.82. The molecule has 3 rings (SSSR count). The van der Waals surface area contributed by atoms with Crippen molar-refractivity contribution < 1.29 is 9.53 Å². The van der Waals surface area contributed by atoms with Crippen molar-refractivity contribution in [3.05, 3.63) is 30.3 Å². The summed E-state index contributed by atoms with van der Waals surface area (Å²) in [5, 5.41) is 7.67. The van der Waals surface area contributed by atoms with E-state index in [0.717, 1.165) is 18.4 Å². The predicted octanol–water partition coefficient (Wildman–Crippen LogP) is 4.57. The Labute approximate surface area is 159 Å². The van der Waals surface area contributed by atoms with E-state index in [2.05, 4.69) is 36.0 Å². The van der Waals surface area contributed by atoms with Crippen LogP contribution in [0.15, 0.2) is 35.5 Å². The van der Waals surface area contributed by atoms with Crippen molar-refractivity contribution in [2.24, 2.45) is 17.8 Å². The van der Waals surface area contributed by atoms with E-state index in [4.69, 9.17) is 4.74 Å². The van der Waals surface area contributed by atoms with Crippen molar-refractivity contribution in [2.75, 3.05) is 5.75 Å². The molecule has 1 aliphatic carbocycles. The van der Waals surface area contributed by atoms with Crippen molar-refractivity contribution in [1.82, 2.24) is 15.2 Å². The first-order valence-electron chi connectivity index (χ1n) is 9.33. The van der Waals surface area contributed by atoms with E-state index in [0.29, 0.717) is 28.7 Å². The number of nitrogens with zero attached hydrogens (tertiary/aromatic N) is 2. The fraction of sp³-hybridized carbons (Fsp3) is 0.550. The number of carbonyl (C=O) groups is 1. The lowest BCUT2D eigenvalue weighted by Crippen LogP contribution is -2.36. The van der Waals surface area contributed by atoms with Crippen molar-refractivity contribution >= 4 is 17.7 Å². The third-order valence-corrected chi connectivity index (χ3v) is 5.90. The first kappa shape index (κ1) is 19.0. The number of thioether (sulfide) groups is 1. The van der Waals surface area contributed by atoms with Gasteiger partial charge in [-0.15, -0.1) is 5.10 Å². The Morgan fingerprint density at radius 3 is 2.81 bits per heavy atom. The SMILES string of the molecule is CC(C)[C@H]1CC[C@H](C)C[C@H]1OC(=O)CSc1n[nH]c(-c2ccccc2)n1. The van der Waals surface area contributed by atoms with Gasteiger partial charge in [0.2, 0.25) is 5.16 Å². The maximum atomic E-state index is 12.3. The van der Waals surface area contributed by atoms with Gasteiger partial charge in [-0.25, -0.2) is 4.98 Å². The van der Waals surface area contributed by atoms with Crippen LogP contribution in [0, 0.1) is 17.8 Å². The predicted molar refractivity (Wildman–Crippen MR) is 104 cm³/mol. The van der Waals surface area contributed by atoms with Crippen LogP contribution in [0.4, 0.5) is 0 Å². The minimum Gasteiger partial charge on any atom is -0.461 e. The average molecular weight is 374 g/mol. The number of ether oxygens (including phenoxy) is 1. The molecule has 0 bridgehead atoms. The summed E-state index contributed by atoms with van der Waals surface area (Å²) in [6.45, 7) is 6.68. The Morgan fingerprint density at radius 2 is 2.08 bits per heavy atom. The summed E-state index contributed by atoms with van der Waals surface area (Å²) >= 11 is 1.32. The van der Waals surface area contributed by atoms with Crippen LogP contribution < -0.4 is 0 Å². The smallest absolute Gasteiger partial charge is 0.316 e. The molecule has 1 N–H and O–H groups in total. The number of esters is 1. The molecular weight excluding hydrogens is 346 g/mol. The van der Waals surface area contributed by atoms with Gasteiger partial charge in [-0.2, -0.15) is 0 Å². The zero-order valence-electron chi connectivity index (χ0n) is 15.6. The van der Waals surface area contributed by atoms with E-state index in [1.165, 1.54) is 18.2 Å². The molecule has 1 aromatic carbocycles. The van der Waals surface area contributed by atoms with E-state index in [1.54, 1.807) is 0 Å². The Morgan fingerprint density at radius 1 is 1.31 bits per heavy atom. The zero-order valence-corrected chi connectivity index (χ0v) is 16.5. The molecule has 1 aromatic heterocycles. The van der Waals surface area contributed by atoms with Gasteiger partial charge in [-0.1, -0.05) is 69.3 Å². The number of hydrogen-bond donors (Lipinski definition) is 1. The summed E-state index contributed by atoms with van der Waals surface area (Å²) in [5.74, 6) is 2.40. The molecule has 1 saturated carbocycles. The first-order valence-corrected chi connectivity index (χ1v) is 10.3. The van der Waals surface area contributed by atoms with Gasteiger partial charge >= 0.3 is 5.97 Å². The number of aromatic amines is 1. The number of H-pyrrole nitrogens is 1. The molecule has 0 spiro atoms. The lowest BCUT2D eigenvalue weighted by atomic mass is 9.75. The molecule has 1 aliphatic rings. The van der Waals surface area contributed by atoms with Crippen LogP contribution in [-0.2, 0) is 9.53 Å². The standard InChI is InChI=1S/C20H27N3O2S/c1-13(2)16-10-9-14(3)11-17(16)25-18(24)12-26-20-21-19(22-23-20)15-7-5-4-6-8-15/h4-8,13-14,16-17H,9-12H2,1-3H3,(H,21,22,23)/t14-,16+,17+/m0/s1. The second kappa shape index (κ2) is 8.71. The van der Waals surface area contributed by atoms with E-state index in [-0.39, 0.29) is 17.8 Å². The van der Waals surface area contributed by atoms with E-state index < -0.39 is 0 Å². The molecule has 1 heterocycles. The maximum absolute atomic E-state index is 12.3. The molecule has 140 valence electrons. The van der Waals surface area contributed by atoms with Gasteiger partial charge in [0.05, 0.1) is 5.75 Å². The largest absolute Gasteiger partial charge is 0.461 e. The highest BCUT2D eigenvalue weighted by Crippen LogP contribution is 2.35. The first-order chi connectivity index (χ1) is 12.5. The van der Waals surface area contributed by atoms with Gasteiger partial charge in [0.25, 0.3) is 0 Å². The van der Waals surface area contributed by atoms with E-state index >= 15 is 0 Å². The quantitative estimate of drug-likeness (QED) is 0.593. The van der Waals surface area contributed by atoms with Crippen LogP contribution in [0.1, 0.15) is 40.0 Å². The normalized spacial score (nSPS) is 23.2. The van der Waals surface area contributed by atoms with Crippen LogP contribution in [0.3, 0.4) is 0 Å². The summed E-state index contributed by atoms with van der Waals surface area (Å²) in [6, 6.07) is 9.82. The third kappa shape index (κ3) is 4.87. The van der Waals surface area contributed by atoms with E-state index in [9.17, 15) is 4.79 Å². The molecule has 0 unspecified atom stereocenters. The number of rotatable bonds is 6. The molecule has 0 amide bonds. The molecule has 1 fully saturated rings. The molecule has 0 saturated heterocycles. The number of benzene rings is 1. The Hall–Kier alpha value is -1.82. The van der Waals surface area contributed by atoms with Crippen molar-refractivity contribution in [3.63, 3.8) is 0 Å². The molecule has 3 atom stereocenters. The number of nitrogens with one attached hydrogen (secondary N) is 1. The van der Waals surface area contributed by atoms with Crippen LogP contribution in [0.2, 0.25) is 0 Å². The van der Waals surface area contributed by atoms with Gasteiger partial charge in [0, 0.05) is 5.56 Å². The summed E-state index contributed by atoms with van der Waals surface area (Å²) in [7, 11) is 0. The van der Waals surface area contributed by atoms with Crippen molar-refractivity contribution in [3.8, 4) is 11.4 Å². The monoisotopic (exact) mass is 373 g/mol. The molecule has 2 aromatic rings. The number of hydrogen-bond acceptors (Lipinski definition) is 5. The van der Waals surface area contributed by atoms with Gasteiger partial charge in [0.1, 0.15) is 6.10 Å². The fourth-order valence-corrected chi connectivity index (χ4v) is 4.19. The summed E-state index contributed by atoms with van der Waals surface area (Å²) in [5.41, 5.74) is 0.977. The van der Waals surface area contributed by atoms with Gasteiger partial charge < -0.3 is 4.74 Å². The molecule has 0 radical (unpaired) electrons. The third-order valence-electron chi connectivity index (χ3n) is 5.08. The summed E-state index contributed by atoms with van der Waals surface area (Å²) in [4.78, 5) is 16.8. The Kier molecular flexibility index (Phi) is 6.35. The minimum atomic E-state index is -0.175. The Balaban J connectivity index is 1.53. The lowest BCUT2D eigenvalue weighted by molar-refractivity contribution is -0.152. The van der Waals surface area contributed by atoms with Gasteiger partial charge in [0.15, 0.2) is 5.82 Å². The highest BCUT2D eigenvalue weighted by Gasteiger charge is 2.33. The summed E-state index contributed by atoms with van der Waals surface area (Å²) in [6.07, 6.45) is 3.38. The molecule has 6 heteroatoms.